The Kier molecular flexibility index (Phi) is 10.1. The molecular formula is C50H36O6S2. The minimum Gasteiger partial charge on any atom is -0.289 e. The van der Waals surface area contributed by atoms with Crippen LogP contribution in [0, 0.1) is 13.8 Å². The summed E-state index contributed by atoms with van der Waals surface area (Å²) in [6, 6.07) is 52.3. The smallest absolute Gasteiger partial charge is 0.206 e. The van der Waals surface area contributed by atoms with Crippen molar-refractivity contribution in [2.24, 2.45) is 0 Å². The van der Waals surface area contributed by atoms with Gasteiger partial charge in [-0.2, -0.15) is 0 Å². The first kappa shape index (κ1) is 38.1. The van der Waals surface area contributed by atoms with E-state index in [4.69, 9.17) is 0 Å². The van der Waals surface area contributed by atoms with Gasteiger partial charge in [0.2, 0.25) is 19.7 Å². The van der Waals surface area contributed by atoms with E-state index >= 15 is 0 Å². The zero-order valence-electron chi connectivity index (χ0n) is 31.6. The molecule has 0 N–H and O–H groups in total. The molecule has 0 aliphatic rings. The molecule has 284 valence electrons. The zero-order valence-corrected chi connectivity index (χ0v) is 33.2. The highest BCUT2D eigenvalue weighted by Crippen LogP contribution is 2.29. The van der Waals surface area contributed by atoms with Crippen molar-refractivity contribution in [3.8, 4) is 22.3 Å². The quantitative estimate of drug-likeness (QED) is 0.128. The number of aryl methyl sites for hydroxylation is 2. The number of hydrogen-bond acceptors (Lipinski definition) is 6. The molecule has 0 radical (unpaired) electrons. The lowest BCUT2D eigenvalue weighted by atomic mass is 9.95. The van der Waals surface area contributed by atoms with Gasteiger partial charge in [-0.1, -0.05) is 132 Å². The Balaban J connectivity index is 0.931. The molecule has 0 aliphatic heterocycles. The summed E-state index contributed by atoms with van der Waals surface area (Å²) in [4.78, 5) is 28.0. The molecule has 8 aromatic carbocycles. The highest BCUT2D eigenvalue weighted by molar-refractivity contribution is 7.91. The number of ketones is 2. The van der Waals surface area contributed by atoms with Crippen molar-refractivity contribution in [2.45, 2.75) is 33.4 Å². The van der Waals surface area contributed by atoms with Crippen molar-refractivity contribution in [3.05, 3.63) is 215 Å². The minimum absolute atomic E-state index is 0.143. The molecule has 0 atom stereocenters. The number of carbonyl (C=O) groups excluding carboxylic acids is 2. The van der Waals surface area contributed by atoms with Crippen molar-refractivity contribution >= 4 is 42.0 Å². The highest BCUT2D eigenvalue weighted by atomic mass is 32.2. The summed E-state index contributed by atoms with van der Waals surface area (Å²) in [6.07, 6.45) is 0. The van der Waals surface area contributed by atoms with Crippen LogP contribution in [-0.4, -0.2) is 28.4 Å². The first-order chi connectivity index (χ1) is 27.9. The predicted molar refractivity (Wildman–Crippen MR) is 228 cm³/mol. The Bertz CT molecular complexity index is 2850. The third kappa shape index (κ3) is 7.55. The summed E-state index contributed by atoms with van der Waals surface area (Å²) >= 11 is 0. The third-order valence-electron chi connectivity index (χ3n) is 10.3. The van der Waals surface area contributed by atoms with E-state index < -0.39 is 19.7 Å². The Morgan fingerprint density at radius 3 is 0.845 bits per heavy atom. The van der Waals surface area contributed by atoms with Gasteiger partial charge in [0.25, 0.3) is 0 Å². The number of sulfone groups is 2. The molecule has 0 heterocycles. The summed E-state index contributed by atoms with van der Waals surface area (Å²) in [7, 11) is -7.27. The molecule has 0 saturated heterocycles. The van der Waals surface area contributed by atoms with Gasteiger partial charge < -0.3 is 0 Å². The summed E-state index contributed by atoms with van der Waals surface area (Å²) in [5.74, 6) is -0.286. The topological polar surface area (TPSA) is 102 Å². The van der Waals surface area contributed by atoms with Crippen molar-refractivity contribution in [1.29, 1.82) is 0 Å². The lowest BCUT2D eigenvalue weighted by molar-refractivity contribution is 0.103. The fraction of sp³-hybridized carbons (Fsp3) is 0.0400. The monoisotopic (exact) mass is 796 g/mol. The maximum Gasteiger partial charge on any atom is 0.206 e. The lowest BCUT2D eigenvalue weighted by Gasteiger charge is -2.09. The van der Waals surface area contributed by atoms with Crippen LogP contribution in [0.5, 0.6) is 0 Å². The van der Waals surface area contributed by atoms with Gasteiger partial charge in [-0.25, -0.2) is 16.8 Å². The second kappa shape index (κ2) is 15.3. The van der Waals surface area contributed by atoms with Crippen LogP contribution in [0.25, 0.3) is 33.0 Å². The van der Waals surface area contributed by atoms with Crippen LogP contribution >= 0.6 is 0 Å². The number of rotatable bonds is 10. The fourth-order valence-corrected chi connectivity index (χ4v) is 9.37. The second-order valence-corrected chi connectivity index (χ2v) is 18.2. The summed E-state index contributed by atoms with van der Waals surface area (Å²) in [5.41, 5.74) is 7.38. The molecule has 0 bridgehead atoms. The Morgan fingerprint density at radius 1 is 0.310 bits per heavy atom. The van der Waals surface area contributed by atoms with Gasteiger partial charge >= 0.3 is 0 Å². The average Bonchev–Trinajstić information content (AvgIpc) is 3.26. The number of hydrogen-bond donors (Lipinski definition) is 0. The van der Waals surface area contributed by atoms with Crippen LogP contribution in [0.15, 0.2) is 202 Å². The van der Waals surface area contributed by atoms with E-state index in [9.17, 15) is 26.4 Å². The Morgan fingerprint density at radius 2 is 0.552 bits per heavy atom. The van der Waals surface area contributed by atoms with Gasteiger partial charge in [-0.15, -0.1) is 0 Å². The molecule has 0 aliphatic carbocycles. The summed E-state index contributed by atoms with van der Waals surface area (Å²) < 4.78 is 52.3. The number of fused-ring (bicyclic) bond motifs is 1. The molecule has 0 amide bonds. The van der Waals surface area contributed by atoms with E-state index in [2.05, 4.69) is 0 Å². The van der Waals surface area contributed by atoms with E-state index in [1.54, 1.807) is 133 Å². The van der Waals surface area contributed by atoms with Crippen molar-refractivity contribution in [1.82, 2.24) is 0 Å². The van der Waals surface area contributed by atoms with Crippen molar-refractivity contribution in [3.63, 3.8) is 0 Å². The first-order valence-corrected chi connectivity index (χ1v) is 21.5. The van der Waals surface area contributed by atoms with Crippen LogP contribution < -0.4 is 0 Å². The van der Waals surface area contributed by atoms with Gasteiger partial charge in [0.05, 0.1) is 19.6 Å². The fourth-order valence-electron chi connectivity index (χ4n) is 6.85. The molecule has 0 fully saturated rings. The second-order valence-electron chi connectivity index (χ2n) is 14.3. The predicted octanol–water partition coefficient (Wildman–Crippen LogP) is 10.9. The van der Waals surface area contributed by atoms with E-state index in [1.165, 1.54) is 0 Å². The molecule has 8 rings (SSSR count). The normalized spacial score (nSPS) is 11.7. The maximum atomic E-state index is 13.5. The SMILES string of the molecule is Cc1ccc(S(=O)(=O)c2ccc(-c3ccc(C(=O)c4ccc5cc(C(=O)c6ccc(-c7ccc(S(=O)(=O)c8ccc(C)cc8)cc7)cc6)ccc5c4)cc3)cc2)cc1. The molecule has 0 spiro atoms. The number of benzene rings is 8. The molecule has 0 saturated carbocycles. The number of carbonyl (C=O) groups is 2. The summed E-state index contributed by atoms with van der Waals surface area (Å²) in [5, 5.41) is 1.64. The molecule has 0 unspecified atom stereocenters. The first-order valence-electron chi connectivity index (χ1n) is 18.5. The molecule has 8 heteroatoms. The molecule has 8 aromatic rings. The highest BCUT2D eigenvalue weighted by Gasteiger charge is 2.19. The van der Waals surface area contributed by atoms with Crippen molar-refractivity contribution < 1.29 is 26.4 Å². The standard InChI is InChI=1S/C50H36O6S2/c1-33-3-23-45(24-4-33)57(53,54)47-27-19-37(20-28-47)35-7-11-39(12-8-35)49(51)43-17-15-42-32-44(18-16-41(42)31-43)50(52)40-13-9-36(10-14-40)38-21-29-48(30-22-38)58(55,56)46-25-5-34(2)6-26-46/h3-32H,1-2H3. The van der Waals surface area contributed by atoms with Crippen LogP contribution in [0.1, 0.15) is 43.0 Å². The van der Waals surface area contributed by atoms with Crippen LogP contribution in [-0.2, 0) is 19.7 Å². The van der Waals surface area contributed by atoms with Gasteiger partial charge in [0, 0.05) is 22.3 Å². The largest absolute Gasteiger partial charge is 0.289 e. The Hall–Kier alpha value is -6.74. The van der Waals surface area contributed by atoms with E-state index in [1.807, 2.05) is 62.4 Å². The summed E-state index contributed by atoms with van der Waals surface area (Å²) in [6.45, 7) is 3.82. The van der Waals surface area contributed by atoms with Gasteiger partial charge in [0.15, 0.2) is 11.6 Å². The van der Waals surface area contributed by atoms with Gasteiger partial charge in [-0.3, -0.25) is 9.59 Å². The molecule has 58 heavy (non-hydrogen) atoms. The van der Waals surface area contributed by atoms with E-state index in [0.29, 0.717) is 22.3 Å². The molecular weight excluding hydrogens is 761 g/mol. The minimum atomic E-state index is -3.63. The molecule has 0 aromatic heterocycles. The van der Waals surface area contributed by atoms with Crippen LogP contribution in [0.4, 0.5) is 0 Å². The lowest BCUT2D eigenvalue weighted by Crippen LogP contribution is -2.03. The van der Waals surface area contributed by atoms with Crippen LogP contribution in [0.3, 0.4) is 0 Å². The molecule has 6 nitrogen and oxygen atoms in total. The van der Waals surface area contributed by atoms with E-state index in [-0.39, 0.29) is 31.1 Å². The maximum absolute atomic E-state index is 13.5. The van der Waals surface area contributed by atoms with Gasteiger partial charge in [0.1, 0.15) is 0 Å². The van der Waals surface area contributed by atoms with Gasteiger partial charge in [-0.05, 0) is 108 Å². The Labute approximate surface area is 337 Å². The van der Waals surface area contributed by atoms with Crippen LogP contribution in [0.2, 0.25) is 0 Å². The van der Waals surface area contributed by atoms with Crippen molar-refractivity contribution in [2.75, 3.05) is 0 Å². The van der Waals surface area contributed by atoms with E-state index in [0.717, 1.165) is 44.2 Å². The zero-order chi connectivity index (χ0) is 40.6. The average molecular weight is 797 g/mol. The third-order valence-corrected chi connectivity index (χ3v) is 13.9.